The first-order chi connectivity index (χ1) is 9.27. The van der Waals surface area contributed by atoms with Crippen molar-refractivity contribution in [2.75, 3.05) is 57.7 Å². The zero-order valence-corrected chi connectivity index (χ0v) is 11.2. The van der Waals surface area contributed by atoms with Crippen LogP contribution in [0.4, 0.5) is 11.4 Å². The zero-order valence-electron chi connectivity index (χ0n) is 11.2. The molecule has 6 heteroatoms. The number of ether oxygens (including phenoxy) is 3. The van der Waals surface area contributed by atoms with Crippen LogP contribution in [0.5, 0.6) is 5.75 Å². The first-order valence-electron chi connectivity index (χ1n) is 6.21. The highest BCUT2D eigenvalue weighted by atomic mass is 16.5. The summed E-state index contributed by atoms with van der Waals surface area (Å²) in [5.41, 5.74) is 7.37. The average Bonchev–Trinajstić information content (AvgIpc) is 2.43. The fourth-order valence-corrected chi connectivity index (χ4v) is 1.47. The van der Waals surface area contributed by atoms with Crippen molar-refractivity contribution >= 4 is 11.4 Å². The molecule has 0 heterocycles. The van der Waals surface area contributed by atoms with E-state index < -0.39 is 0 Å². The number of aliphatic hydroxyl groups excluding tert-OH is 1. The summed E-state index contributed by atoms with van der Waals surface area (Å²) >= 11 is 0. The van der Waals surface area contributed by atoms with Crippen molar-refractivity contribution in [3.05, 3.63) is 18.2 Å². The second-order valence-corrected chi connectivity index (χ2v) is 3.83. The Labute approximate surface area is 113 Å². The number of nitrogens with one attached hydrogen (secondary N) is 1. The lowest BCUT2D eigenvalue weighted by molar-refractivity contribution is 0.0361. The highest BCUT2D eigenvalue weighted by Crippen LogP contribution is 2.23. The molecular weight excluding hydrogens is 248 g/mol. The number of nitrogens with two attached hydrogens (primary N) is 1. The molecule has 1 rings (SSSR count). The van der Waals surface area contributed by atoms with Crippen molar-refractivity contribution in [1.29, 1.82) is 0 Å². The van der Waals surface area contributed by atoms with E-state index in [2.05, 4.69) is 5.32 Å². The molecule has 1 aromatic rings. The molecule has 0 saturated heterocycles. The average molecular weight is 270 g/mol. The minimum absolute atomic E-state index is 0.0400. The van der Waals surface area contributed by atoms with Gasteiger partial charge >= 0.3 is 0 Å². The Morgan fingerprint density at radius 2 is 1.89 bits per heavy atom. The standard InChI is InChI=1S/C13H22N2O4/c1-17-11-2-3-13(12(14)10-11)15-4-6-18-8-9-19-7-5-16/h2-3,10,15-16H,4-9,14H2,1H3. The van der Waals surface area contributed by atoms with Gasteiger partial charge in [-0.05, 0) is 12.1 Å². The number of nitrogen functional groups attached to an aromatic ring is 1. The van der Waals surface area contributed by atoms with E-state index in [-0.39, 0.29) is 6.61 Å². The van der Waals surface area contributed by atoms with Crippen LogP contribution in [0.1, 0.15) is 0 Å². The maximum absolute atomic E-state index is 8.50. The molecule has 1 aromatic carbocycles. The van der Waals surface area contributed by atoms with Crippen LogP contribution in [-0.4, -0.2) is 51.8 Å². The third-order valence-corrected chi connectivity index (χ3v) is 2.43. The lowest BCUT2D eigenvalue weighted by Crippen LogP contribution is -2.14. The fourth-order valence-electron chi connectivity index (χ4n) is 1.47. The van der Waals surface area contributed by atoms with Crippen molar-refractivity contribution in [1.82, 2.24) is 0 Å². The summed E-state index contributed by atoms with van der Waals surface area (Å²) in [6.07, 6.45) is 0. The van der Waals surface area contributed by atoms with Gasteiger partial charge in [-0.25, -0.2) is 0 Å². The topological polar surface area (TPSA) is 86.0 Å². The fraction of sp³-hybridized carbons (Fsp3) is 0.538. The van der Waals surface area contributed by atoms with Gasteiger partial charge in [0, 0.05) is 12.6 Å². The van der Waals surface area contributed by atoms with E-state index in [9.17, 15) is 0 Å². The zero-order chi connectivity index (χ0) is 13.9. The van der Waals surface area contributed by atoms with Gasteiger partial charge in [0.05, 0.1) is 51.5 Å². The Morgan fingerprint density at radius 1 is 1.16 bits per heavy atom. The summed E-state index contributed by atoms with van der Waals surface area (Å²) in [5, 5.41) is 11.7. The molecule has 108 valence electrons. The van der Waals surface area contributed by atoms with E-state index in [0.29, 0.717) is 38.7 Å². The number of hydrogen-bond donors (Lipinski definition) is 3. The molecule has 0 aliphatic rings. The van der Waals surface area contributed by atoms with E-state index in [1.54, 1.807) is 13.2 Å². The summed E-state index contributed by atoms with van der Waals surface area (Å²) in [5.74, 6) is 0.736. The number of aliphatic hydroxyl groups is 1. The number of anilines is 2. The van der Waals surface area contributed by atoms with Crippen LogP contribution in [0, 0.1) is 0 Å². The van der Waals surface area contributed by atoms with Gasteiger partial charge in [0.2, 0.25) is 0 Å². The maximum Gasteiger partial charge on any atom is 0.121 e. The van der Waals surface area contributed by atoms with Crippen LogP contribution >= 0.6 is 0 Å². The quantitative estimate of drug-likeness (QED) is 0.429. The number of rotatable bonds is 10. The molecule has 0 saturated carbocycles. The van der Waals surface area contributed by atoms with E-state index >= 15 is 0 Å². The molecule has 0 atom stereocenters. The van der Waals surface area contributed by atoms with Gasteiger partial charge in [-0.2, -0.15) is 0 Å². The minimum atomic E-state index is 0.0400. The van der Waals surface area contributed by atoms with Crippen LogP contribution < -0.4 is 15.8 Å². The Bertz CT molecular complexity index is 360. The number of hydrogen-bond acceptors (Lipinski definition) is 6. The first-order valence-corrected chi connectivity index (χ1v) is 6.21. The largest absolute Gasteiger partial charge is 0.497 e. The van der Waals surface area contributed by atoms with Crippen LogP contribution in [0.25, 0.3) is 0 Å². The summed E-state index contributed by atoms with van der Waals surface area (Å²) in [4.78, 5) is 0. The maximum atomic E-state index is 8.50. The number of benzene rings is 1. The van der Waals surface area contributed by atoms with E-state index in [4.69, 9.17) is 25.1 Å². The number of methoxy groups -OCH3 is 1. The third kappa shape index (κ3) is 6.28. The molecule has 0 amide bonds. The first kappa shape index (κ1) is 15.6. The normalized spacial score (nSPS) is 10.4. The molecule has 6 nitrogen and oxygen atoms in total. The predicted molar refractivity (Wildman–Crippen MR) is 74.6 cm³/mol. The van der Waals surface area contributed by atoms with Crippen molar-refractivity contribution in [3.63, 3.8) is 0 Å². The molecule has 0 bridgehead atoms. The highest BCUT2D eigenvalue weighted by Gasteiger charge is 2.00. The van der Waals surface area contributed by atoms with Gasteiger partial charge in [-0.1, -0.05) is 0 Å². The Hall–Kier alpha value is -1.50. The van der Waals surface area contributed by atoms with Gasteiger partial charge in [0.25, 0.3) is 0 Å². The highest BCUT2D eigenvalue weighted by molar-refractivity contribution is 5.68. The van der Waals surface area contributed by atoms with Crippen molar-refractivity contribution in [2.45, 2.75) is 0 Å². The second kappa shape index (κ2) is 9.43. The molecular formula is C13H22N2O4. The molecule has 0 spiro atoms. The Kier molecular flexibility index (Phi) is 7.72. The molecule has 19 heavy (non-hydrogen) atoms. The molecule has 0 unspecified atom stereocenters. The van der Waals surface area contributed by atoms with Crippen LogP contribution in [0.15, 0.2) is 18.2 Å². The Morgan fingerprint density at radius 3 is 2.53 bits per heavy atom. The summed E-state index contributed by atoms with van der Waals surface area (Å²) < 4.78 is 15.5. The van der Waals surface area contributed by atoms with Gasteiger partial charge < -0.3 is 30.4 Å². The molecule has 0 fully saturated rings. The minimum Gasteiger partial charge on any atom is -0.497 e. The van der Waals surface area contributed by atoms with E-state index in [1.165, 1.54) is 0 Å². The Balaban J connectivity index is 2.12. The molecule has 0 radical (unpaired) electrons. The van der Waals surface area contributed by atoms with Gasteiger partial charge in [0.1, 0.15) is 5.75 Å². The van der Waals surface area contributed by atoms with Gasteiger partial charge in [-0.3, -0.25) is 0 Å². The van der Waals surface area contributed by atoms with Crippen molar-refractivity contribution < 1.29 is 19.3 Å². The van der Waals surface area contributed by atoms with Crippen LogP contribution in [-0.2, 0) is 9.47 Å². The van der Waals surface area contributed by atoms with E-state index in [1.807, 2.05) is 12.1 Å². The summed E-state index contributed by atoms with van der Waals surface area (Å²) in [6.45, 7) is 2.62. The van der Waals surface area contributed by atoms with Gasteiger partial charge in [0.15, 0.2) is 0 Å². The SMILES string of the molecule is COc1ccc(NCCOCCOCCO)c(N)c1. The molecule has 4 N–H and O–H groups in total. The third-order valence-electron chi connectivity index (χ3n) is 2.43. The van der Waals surface area contributed by atoms with Crippen LogP contribution in [0.2, 0.25) is 0 Å². The molecule has 0 aliphatic carbocycles. The van der Waals surface area contributed by atoms with Gasteiger partial charge in [-0.15, -0.1) is 0 Å². The predicted octanol–water partition coefficient (Wildman–Crippen LogP) is 0.715. The lowest BCUT2D eigenvalue weighted by Gasteiger charge is -2.11. The smallest absolute Gasteiger partial charge is 0.121 e. The lowest BCUT2D eigenvalue weighted by atomic mass is 10.2. The summed E-state index contributed by atoms with van der Waals surface area (Å²) in [6, 6.07) is 5.49. The van der Waals surface area contributed by atoms with E-state index in [0.717, 1.165) is 11.4 Å². The summed E-state index contributed by atoms with van der Waals surface area (Å²) in [7, 11) is 1.61. The van der Waals surface area contributed by atoms with Crippen LogP contribution in [0.3, 0.4) is 0 Å². The second-order valence-electron chi connectivity index (χ2n) is 3.83. The van der Waals surface area contributed by atoms with Crippen molar-refractivity contribution in [2.24, 2.45) is 0 Å². The van der Waals surface area contributed by atoms with Crippen molar-refractivity contribution in [3.8, 4) is 5.75 Å². The monoisotopic (exact) mass is 270 g/mol. The molecule has 0 aromatic heterocycles. The molecule has 0 aliphatic heterocycles.